The van der Waals surface area contributed by atoms with Crippen LogP contribution in [0.1, 0.15) is 37.7 Å². The van der Waals surface area contributed by atoms with Crippen LogP contribution in [-0.4, -0.2) is 21.7 Å². The average Bonchev–Trinajstić information content (AvgIpc) is 2.59. The monoisotopic (exact) mass is 208 g/mol. The molecule has 2 N–H and O–H groups in total. The zero-order chi connectivity index (χ0) is 11.2. The zero-order valence-electron chi connectivity index (χ0n) is 10.0. The Balaban J connectivity index is 2.51. The van der Waals surface area contributed by atoms with Gasteiger partial charge in [0.25, 0.3) is 0 Å². The molecule has 1 aliphatic heterocycles. The van der Waals surface area contributed by atoms with Gasteiger partial charge < -0.3 is 5.73 Å². The van der Waals surface area contributed by atoms with Crippen LogP contribution in [0, 0.1) is 0 Å². The average molecular weight is 208 g/mol. The molecule has 15 heavy (non-hydrogen) atoms. The molecule has 0 bridgehead atoms. The van der Waals surface area contributed by atoms with Gasteiger partial charge >= 0.3 is 0 Å². The Hall–Kier alpha value is -0.870. The second-order valence-corrected chi connectivity index (χ2v) is 5.33. The van der Waals surface area contributed by atoms with Gasteiger partial charge in [0.15, 0.2) is 0 Å². The third-order valence-corrected chi connectivity index (χ3v) is 2.85. The fourth-order valence-corrected chi connectivity index (χ4v) is 2.18. The fourth-order valence-electron chi connectivity index (χ4n) is 2.18. The molecular formula is C11H20N4. The van der Waals surface area contributed by atoms with Gasteiger partial charge in [-0.2, -0.15) is 5.10 Å². The van der Waals surface area contributed by atoms with Crippen molar-refractivity contribution in [2.75, 3.05) is 7.05 Å². The number of rotatable bonds is 1. The van der Waals surface area contributed by atoms with E-state index < -0.39 is 0 Å². The van der Waals surface area contributed by atoms with Crippen LogP contribution in [0.25, 0.3) is 0 Å². The van der Waals surface area contributed by atoms with Gasteiger partial charge in [0.2, 0.25) is 0 Å². The molecule has 1 aliphatic rings. The summed E-state index contributed by atoms with van der Waals surface area (Å²) in [5, 5.41) is 4.62. The van der Waals surface area contributed by atoms with Crippen molar-refractivity contribution in [1.29, 1.82) is 0 Å². The second-order valence-electron chi connectivity index (χ2n) is 5.33. The molecule has 0 saturated carbocycles. The number of nitrogens with two attached hydrogens (primary N) is 1. The Morgan fingerprint density at radius 3 is 2.53 bits per heavy atom. The second kappa shape index (κ2) is 3.32. The molecule has 0 unspecified atom stereocenters. The lowest BCUT2D eigenvalue weighted by molar-refractivity contribution is 0.302. The van der Waals surface area contributed by atoms with E-state index in [1.807, 2.05) is 0 Å². The largest absolute Gasteiger partial charge is 0.325 e. The summed E-state index contributed by atoms with van der Waals surface area (Å²) in [5.74, 6) is 0. The quantitative estimate of drug-likeness (QED) is 0.750. The van der Waals surface area contributed by atoms with Gasteiger partial charge in [0, 0.05) is 25.2 Å². The zero-order valence-corrected chi connectivity index (χ0v) is 10.0. The Bertz CT molecular complexity index is 373. The van der Waals surface area contributed by atoms with E-state index in [1.165, 1.54) is 11.3 Å². The standard InChI is InChI=1S/C11H20N4/c1-11(2,3)15-10-7-14(4)6-8(10)9(5-12)13-15/h5-7,12H2,1-4H3. The third-order valence-electron chi connectivity index (χ3n) is 2.85. The molecule has 1 aromatic heterocycles. The van der Waals surface area contributed by atoms with E-state index in [0.717, 1.165) is 18.8 Å². The van der Waals surface area contributed by atoms with Crippen molar-refractivity contribution in [3.05, 3.63) is 17.0 Å². The molecule has 0 atom stereocenters. The van der Waals surface area contributed by atoms with Crippen LogP contribution in [0.4, 0.5) is 0 Å². The summed E-state index contributed by atoms with van der Waals surface area (Å²) in [6, 6.07) is 0. The Morgan fingerprint density at radius 2 is 2.00 bits per heavy atom. The van der Waals surface area contributed by atoms with Crippen molar-refractivity contribution < 1.29 is 0 Å². The van der Waals surface area contributed by atoms with E-state index in [0.29, 0.717) is 6.54 Å². The lowest BCUT2D eigenvalue weighted by Gasteiger charge is -2.22. The highest BCUT2D eigenvalue weighted by Gasteiger charge is 2.29. The van der Waals surface area contributed by atoms with E-state index in [1.54, 1.807) is 0 Å². The highest BCUT2D eigenvalue weighted by molar-refractivity contribution is 5.30. The summed E-state index contributed by atoms with van der Waals surface area (Å²) >= 11 is 0. The first kappa shape index (κ1) is 10.6. The molecule has 0 fully saturated rings. The molecule has 2 rings (SSSR count). The maximum Gasteiger partial charge on any atom is 0.0808 e. The normalized spacial score (nSPS) is 17.1. The number of hydrogen-bond donors (Lipinski definition) is 1. The summed E-state index contributed by atoms with van der Waals surface area (Å²) in [7, 11) is 2.13. The molecule has 84 valence electrons. The predicted molar refractivity (Wildman–Crippen MR) is 60.3 cm³/mol. The number of fused-ring (bicyclic) bond motifs is 1. The number of aromatic nitrogens is 2. The predicted octanol–water partition coefficient (Wildman–Crippen LogP) is 1.04. The van der Waals surface area contributed by atoms with Gasteiger partial charge in [0.05, 0.1) is 16.9 Å². The van der Waals surface area contributed by atoms with Crippen LogP contribution in [0.3, 0.4) is 0 Å². The first-order valence-electron chi connectivity index (χ1n) is 5.42. The van der Waals surface area contributed by atoms with Gasteiger partial charge in [-0.1, -0.05) is 0 Å². The molecule has 0 aromatic carbocycles. The molecular weight excluding hydrogens is 188 g/mol. The molecule has 0 radical (unpaired) electrons. The molecule has 0 spiro atoms. The summed E-state index contributed by atoms with van der Waals surface area (Å²) < 4.78 is 2.13. The van der Waals surface area contributed by atoms with Gasteiger partial charge in [-0.05, 0) is 27.8 Å². The first-order valence-corrected chi connectivity index (χ1v) is 5.42. The minimum Gasteiger partial charge on any atom is -0.325 e. The molecule has 4 nitrogen and oxygen atoms in total. The van der Waals surface area contributed by atoms with Crippen LogP contribution in [0.15, 0.2) is 0 Å². The summed E-state index contributed by atoms with van der Waals surface area (Å²) in [6.45, 7) is 9.05. The van der Waals surface area contributed by atoms with Gasteiger partial charge in [0.1, 0.15) is 0 Å². The van der Waals surface area contributed by atoms with Gasteiger partial charge in [-0.25, -0.2) is 0 Å². The Labute approximate surface area is 91.1 Å². The van der Waals surface area contributed by atoms with Crippen molar-refractivity contribution in [3.8, 4) is 0 Å². The maximum absolute atomic E-state index is 5.73. The molecule has 0 saturated heterocycles. The highest BCUT2D eigenvalue weighted by atomic mass is 15.4. The third kappa shape index (κ3) is 1.68. The van der Waals surface area contributed by atoms with Crippen LogP contribution in [0.2, 0.25) is 0 Å². The first-order chi connectivity index (χ1) is 6.93. The van der Waals surface area contributed by atoms with E-state index in [2.05, 4.69) is 42.5 Å². The summed E-state index contributed by atoms with van der Waals surface area (Å²) in [6.07, 6.45) is 0. The lowest BCUT2D eigenvalue weighted by Crippen LogP contribution is -2.26. The number of nitrogens with zero attached hydrogens (tertiary/aromatic N) is 3. The van der Waals surface area contributed by atoms with Crippen LogP contribution in [0.5, 0.6) is 0 Å². The smallest absolute Gasteiger partial charge is 0.0808 e. The van der Waals surface area contributed by atoms with E-state index in [9.17, 15) is 0 Å². The highest BCUT2D eigenvalue weighted by Crippen LogP contribution is 2.28. The topological polar surface area (TPSA) is 47.1 Å². The van der Waals surface area contributed by atoms with Crippen molar-refractivity contribution in [1.82, 2.24) is 14.7 Å². The van der Waals surface area contributed by atoms with Crippen molar-refractivity contribution in [3.63, 3.8) is 0 Å². The molecule has 1 aromatic rings. The molecule has 0 amide bonds. The molecule has 4 heteroatoms. The Kier molecular flexibility index (Phi) is 2.35. The van der Waals surface area contributed by atoms with Crippen LogP contribution in [-0.2, 0) is 25.2 Å². The van der Waals surface area contributed by atoms with Crippen LogP contribution >= 0.6 is 0 Å². The fraction of sp³-hybridized carbons (Fsp3) is 0.727. The minimum atomic E-state index is 0.0443. The van der Waals surface area contributed by atoms with Crippen LogP contribution < -0.4 is 5.73 Å². The van der Waals surface area contributed by atoms with Gasteiger partial charge in [-0.3, -0.25) is 9.58 Å². The maximum atomic E-state index is 5.73. The lowest BCUT2D eigenvalue weighted by atomic mass is 10.1. The van der Waals surface area contributed by atoms with E-state index in [-0.39, 0.29) is 5.54 Å². The van der Waals surface area contributed by atoms with Crippen molar-refractivity contribution in [2.45, 2.75) is 45.9 Å². The SMILES string of the molecule is CN1Cc2c(CN)nn(C(C)(C)C)c2C1. The summed E-state index contributed by atoms with van der Waals surface area (Å²) in [4.78, 5) is 2.30. The van der Waals surface area contributed by atoms with E-state index in [4.69, 9.17) is 5.73 Å². The minimum absolute atomic E-state index is 0.0443. The number of hydrogen-bond acceptors (Lipinski definition) is 3. The molecule has 2 heterocycles. The van der Waals surface area contributed by atoms with Crippen molar-refractivity contribution in [2.24, 2.45) is 5.73 Å². The summed E-state index contributed by atoms with van der Waals surface area (Å²) in [5.41, 5.74) is 9.52. The van der Waals surface area contributed by atoms with Crippen molar-refractivity contribution >= 4 is 0 Å². The Morgan fingerprint density at radius 1 is 1.33 bits per heavy atom. The molecule has 0 aliphatic carbocycles. The van der Waals surface area contributed by atoms with Gasteiger partial charge in [-0.15, -0.1) is 0 Å². The van der Waals surface area contributed by atoms with E-state index >= 15 is 0 Å².